The van der Waals surface area contributed by atoms with Crippen molar-refractivity contribution in [2.24, 2.45) is 0 Å². The summed E-state index contributed by atoms with van der Waals surface area (Å²) in [6.07, 6.45) is 0. The first-order valence-corrected chi connectivity index (χ1v) is 4.91. The highest BCUT2D eigenvalue weighted by molar-refractivity contribution is 8.00. The lowest BCUT2D eigenvalue weighted by atomic mass is 10.2. The number of nitriles is 1. The maximum atomic E-state index is 9.22. The van der Waals surface area contributed by atoms with E-state index in [1.54, 1.807) is 23.9 Å². The molecule has 0 radical (unpaired) electrons. The van der Waals surface area contributed by atoms with Crippen LogP contribution in [0.1, 0.15) is 19.4 Å². The number of thioether (sulfide) groups is 1. The van der Waals surface area contributed by atoms with Crippen molar-refractivity contribution < 1.29 is 5.11 Å². The molecule has 1 rings (SSSR count). The standard InChI is InChI=1S/C10H11NOS/c1-7(2)13-10-5-9(12)4-3-8(10)6-11/h3-5,7,12H,1-2H3. The summed E-state index contributed by atoms with van der Waals surface area (Å²) in [5, 5.41) is 18.4. The predicted molar refractivity (Wildman–Crippen MR) is 53.8 cm³/mol. The minimum absolute atomic E-state index is 0.210. The summed E-state index contributed by atoms with van der Waals surface area (Å²) < 4.78 is 0. The van der Waals surface area contributed by atoms with E-state index in [-0.39, 0.29) is 5.75 Å². The Bertz CT molecular complexity index is 341. The van der Waals surface area contributed by atoms with Gasteiger partial charge in [-0.2, -0.15) is 5.26 Å². The molecule has 0 aliphatic rings. The zero-order valence-corrected chi connectivity index (χ0v) is 8.43. The molecule has 0 bridgehead atoms. The van der Waals surface area contributed by atoms with Crippen molar-refractivity contribution in [2.75, 3.05) is 0 Å². The summed E-state index contributed by atoms with van der Waals surface area (Å²) in [4.78, 5) is 0.845. The maximum absolute atomic E-state index is 9.22. The van der Waals surface area contributed by atoms with Crippen LogP contribution in [-0.4, -0.2) is 10.4 Å². The molecule has 0 atom stereocenters. The number of nitrogens with zero attached hydrogens (tertiary/aromatic N) is 1. The van der Waals surface area contributed by atoms with Crippen molar-refractivity contribution in [1.82, 2.24) is 0 Å². The summed E-state index contributed by atoms with van der Waals surface area (Å²) in [6, 6.07) is 6.89. The monoisotopic (exact) mass is 193 g/mol. The molecule has 0 aliphatic carbocycles. The molecule has 2 nitrogen and oxygen atoms in total. The Hall–Kier alpha value is -1.14. The van der Waals surface area contributed by atoms with E-state index >= 15 is 0 Å². The van der Waals surface area contributed by atoms with Crippen LogP contribution >= 0.6 is 11.8 Å². The van der Waals surface area contributed by atoms with Gasteiger partial charge in [0.05, 0.1) is 5.56 Å². The summed E-state index contributed by atoms with van der Waals surface area (Å²) in [5.74, 6) is 0.210. The van der Waals surface area contributed by atoms with Crippen molar-refractivity contribution in [2.45, 2.75) is 24.0 Å². The molecule has 3 heteroatoms. The minimum Gasteiger partial charge on any atom is -0.508 e. The Morgan fingerprint density at radius 2 is 2.15 bits per heavy atom. The molecule has 0 spiro atoms. The fourth-order valence-electron chi connectivity index (χ4n) is 0.955. The first kappa shape index (κ1) is 9.94. The Morgan fingerprint density at radius 3 is 2.69 bits per heavy atom. The van der Waals surface area contributed by atoms with Gasteiger partial charge in [-0.3, -0.25) is 0 Å². The SMILES string of the molecule is CC(C)Sc1cc(O)ccc1C#N. The second-order valence-corrected chi connectivity index (χ2v) is 4.58. The highest BCUT2D eigenvalue weighted by Gasteiger charge is 2.05. The Labute approximate surface area is 82.2 Å². The van der Waals surface area contributed by atoms with E-state index in [9.17, 15) is 5.11 Å². The van der Waals surface area contributed by atoms with Gasteiger partial charge in [0.1, 0.15) is 11.8 Å². The topological polar surface area (TPSA) is 44.0 Å². The predicted octanol–water partition coefficient (Wildman–Crippen LogP) is 2.76. The van der Waals surface area contributed by atoms with E-state index < -0.39 is 0 Å². The lowest BCUT2D eigenvalue weighted by Gasteiger charge is -2.06. The minimum atomic E-state index is 0.210. The smallest absolute Gasteiger partial charge is 0.116 e. The third-order valence-electron chi connectivity index (χ3n) is 1.45. The van der Waals surface area contributed by atoms with Gasteiger partial charge in [-0.05, 0) is 18.2 Å². The Kier molecular flexibility index (Phi) is 3.21. The van der Waals surface area contributed by atoms with Gasteiger partial charge in [0.15, 0.2) is 0 Å². The lowest BCUT2D eigenvalue weighted by molar-refractivity contribution is 0.473. The highest BCUT2D eigenvalue weighted by Crippen LogP contribution is 2.29. The summed E-state index contributed by atoms with van der Waals surface area (Å²) >= 11 is 1.58. The first-order chi connectivity index (χ1) is 6.13. The molecule has 13 heavy (non-hydrogen) atoms. The Morgan fingerprint density at radius 1 is 1.46 bits per heavy atom. The number of hydrogen-bond acceptors (Lipinski definition) is 3. The van der Waals surface area contributed by atoms with Gasteiger partial charge in [-0.1, -0.05) is 13.8 Å². The summed E-state index contributed by atoms with van der Waals surface area (Å²) in [7, 11) is 0. The second kappa shape index (κ2) is 4.20. The van der Waals surface area contributed by atoms with Crippen molar-refractivity contribution in [3.63, 3.8) is 0 Å². The molecule has 1 aromatic rings. The summed E-state index contributed by atoms with van der Waals surface area (Å²) in [5.41, 5.74) is 0.622. The van der Waals surface area contributed by atoms with Crippen LogP contribution in [0.25, 0.3) is 0 Å². The van der Waals surface area contributed by atoms with Crippen LogP contribution in [0.5, 0.6) is 5.75 Å². The van der Waals surface area contributed by atoms with Gasteiger partial charge >= 0.3 is 0 Å². The van der Waals surface area contributed by atoms with Crippen LogP contribution in [-0.2, 0) is 0 Å². The fourth-order valence-corrected chi connectivity index (χ4v) is 1.89. The van der Waals surface area contributed by atoms with Gasteiger partial charge in [0.25, 0.3) is 0 Å². The quantitative estimate of drug-likeness (QED) is 0.734. The van der Waals surface area contributed by atoms with Crippen LogP contribution in [0.4, 0.5) is 0 Å². The molecule has 0 saturated carbocycles. The fraction of sp³-hybridized carbons (Fsp3) is 0.300. The zero-order valence-electron chi connectivity index (χ0n) is 7.61. The van der Waals surface area contributed by atoms with E-state index in [2.05, 4.69) is 19.9 Å². The molecule has 1 N–H and O–H groups in total. The number of hydrogen-bond donors (Lipinski definition) is 1. The number of aromatic hydroxyl groups is 1. The third-order valence-corrected chi connectivity index (χ3v) is 2.51. The zero-order chi connectivity index (χ0) is 9.84. The molecule has 0 amide bonds. The first-order valence-electron chi connectivity index (χ1n) is 4.03. The molecule has 0 saturated heterocycles. The number of benzene rings is 1. The second-order valence-electron chi connectivity index (χ2n) is 2.96. The number of phenols is 1. The average Bonchev–Trinajstić information content (AvgIpc) is 2.03. The number of rotatable bonds is 2. The van der Waals surface area contributed by atoms with Crippen LogP contribution < -0.4 is 0 Å². The third kappa shape index (κ3) is 2.67. The van der Waals surface area contributed by atoms with Crippen molar-refractivity contribution in [1.29, 1.82) is 5.26 Å². The van der Waals surface area contributed by atoms with Gasteiger partial charge in [-0.15, -0.1) is 11.8 Å². The molecule has 0 unspecified atom stereocenters. The van der Waals surface area contributed by atoms with E-state index in [0.717, 1.165) is 4.90 Å². The van der Waals surface area contributed by atoms with Crippen LogP contribution in [0.15, 0.2) is 23.1 Å². The van der Waals surface area contributed by atoms with Gasteiger partial charge in [-0.25, -0.2) is 0 Å². The lowest BCUT2D eigenvalue weighted by Crippen LogP contribution is -1.88. The summed E-state index contributed by atoms with van der Waals surface area (Å²) in [6.45, 7) is 4.10. The maximum Gasteiger partial charge on any atom is 0.116 e. The normalized spacial score (nSPS) is 10.0. The molecular formula is C10H11NOS. The molecular weight excluding hydrogens is 182 g/mol. The van der Waals surface area contributed by atoms with Crippen LogP contribution in [0.2, 0.25) is 0 Å². The van der Waals surface area contributed by atoms with Crippen LogP contribution in [0, 0.1) is 11.3 Å². The molecule has 68 valence electrons. The van der Waals surface area contributed by atoms with E-state index in [1.165, 1.54) is 6.07 Å². The molecule has 0 aromatic heterocycles. The molecule has 0 aliphatic heterocycles. The largest absolute Gasteiger partial charge is 0.508 e. The van der Waals surface area contributed by atoms with Gasteiger partial charge in [0.2, 0.25) is 0 Å². The van der Waals surface area contributed by atoms with Crippen molar-refractivity contribution in [3.05, 3.63) is 23.8 Å². The van der Waals surface area contributed by atoms with Gasteiger partial charge < -0.3 is 5.11 Å². The van der Waals surface area contributed by atoms with Gasteiger partial charge in [0, 0.05) is 10.1 Å². The van der Waals surface area contributed by atoms with Crippen LogP contribution in [0.3, 0.4) is 0 Å². The molecule has 1 aromatic carbocycles. The number of phenolic OH excluding ortho intramolecular Hbond substituents is 1. The Balaban J connectivity index is 3.03. The highest BCUT2D eigenvalue weighted by atomic mass is 32.2. The average molecular weight is 193 g/mol. The van der Waals surface area contributed by atoms with Crippen molar-refractivity contribution >= 4 is 11.8 Å². The molecule has 0 heterocycles. The van der Waals surface area contributed by atoms with E-state index in [0.29, 0.717) is 10.8 Å². The van der Waals surface area contributed by atoms with Crippen molar-refractivity contribution in [3.8, 4) is 11.8 Å². The van der Waals surface area contributed by atoms with E-state index in [4.69, 9.17) is 5.26 Å². The van der Waals surface area contributed by atoms with E-state index in [1.807, 2.05) is 0 Å². The molecule has 0 fully saturated rings.